The van der Waals surface area contributed by atoms with Crippen molar-refractivity contribution in [2.45, 2.75) is 0 Å². The third-order valence-corrected chi connectivity index (χ3v) is 1.17. The third-order valence-electron chi connectivity index (χ3n) is 1.17. The number of oxime groups is 1. The highest BCUT2D eigenvalue weighted by atomic mass is 19.1. The maximum atomic E-state index is 12.8. The summed E-state index contributed by atoms with van der Waals surface area (Å²) in [5.74, 6) is -1.38. The van der Waals surface area contributed by atoms with Crippen molar-refractivity contribution in [3.63, 3.8) is 0 Å². The lowest BCUT2D eigenvalue weighted by molar-refractivity contribution is 0.215. The Balaban J connectivity index is 2.94. The van der Waals surface area contributed by atoms with Crippen LogP contribution in [0.1, 0.15) is 5.56 Å². The van der Waals surface area contributed by atoms with Gasteiger partial charge in [-0.15, -0.1) is 0 Å². The molecule has 12 heavy (non-hydrogen) atoms. The minimum absolute atomic E-state index is 0.0678. The second kappa shape index (κ2) is 3.80. The van der Waals surface area contributed by atoms with Crippen molar-refractivity contribution in [2.24, 2.45) is 5.16 Å². The Morgan fingerprint density at radius 3 is 2.92 bits per heavy atom. The van der Waals surface area contributed by atoms with E-state index in [-0.39, 0.29) is 5.56 Å². The molecule has 0 amide bonds. The van der Waals surface area contributed by atoms with Crippen LogP contribution in [0.5, 0.6) is 0 Å². The van der Waals surface area contributed by atoms with Gasteiger partial charge >= 0.3 is 0 Å². The molecule has 0 aliphatic carbocycles. The normalized spacial score (nSPS) is 10.6. The first-order valence-electron chi connectivity index (χ1n) is 3.17. The van der Waals surface area contributed by atoms with Crippen molar-refractivity contribution >= 4 is 6.21 Å². The van der Waals surface area contributed by atoms with Crippen LogP contribution < -0.4 is 0 Å². The van der Waals surface area contributed by atoms with Gasteiger partial charge in [-0.25, -0.2) is 8.78 Å². The van der Waals surface area contributed by atoms with E-state index in [1.165, 1.54) is 7.11 Å². The lowest BCUT2D eigenvalue weighted by atomic mass is 10.2. The number of rotatable bonds is 2. The average molecular weight is 170 g/mol. The summed E-state index contributed by atoms with van der Waals surface area (Å²) in [5, 5.41) is 3.31. The van der Waals surface area contributed by atoms with Crippen LogP contribution in [-0.4, -0.2) is 13.3 Å². The highest BCUT2D eigenvalue weighted by Gasteiger charge is 2.00. The first kappa shape index (κ1) is 8.64. The zero-order chi connectivity index (χ0) is 8.97. The van der Waals surface area contributed by atoms with Crippen LogP contribution in [0, 0.1) is 17.7 Å². The minimum atomic E-state index is -0.712. The van der Waals surface area contributed by atoms with Gasteiger partial charge in [-0.2, -0.15) is 0 Å². The molecule has 0 N–H and O–H groups in total. The SMILES string of the molecule is CO/N=C/c1[c]cc(F)cc1F. The molecule has 0 unspecified atom stereocenters. The van der Waals surface area contributed by atoms with Crippen molar-refractivity contribution < 1.29 is 13.6 Å². The summed E-state index contributed by atoms with van der Waals surface area (Å²) in [6.45, 7) is 0. The molecular weight excluding hydrogens is 164 g/mol. The van der Waals surface area contributed by atoms with Crippen LogP contribution in [-0.2, 0) is 4.84 Å². The summed E-state index contributed by atoms with van der Waals surface area (Å²) in [5.41, 5.74) is 0.0678. The lowest BCUT2D eigenvalue weighted by Crippen LogP contribution is -1.90. The first-order chi connectivity index (χ1) is 5.74. The number of hydrogen-bond acceptors (Lipinski definition) is 2. The largest absolute Gasteiger partial charge is 0.399 e. The molecule has 0 fully saturated rings. The number of nitrogens with zero attached hydrogens (tertiary/aromatic N) is 1. The van der Waals surface area contributed by atoms with E-state index < -0.39 is 11.6 Å². The van der Waals surface area contributed by atoms with E-state index in [9.17, 15) is 8.78 Å². The molecule has 1 radical (unpaired) electrons. The summed E-state index contributed by atoms with van der Waals surface area (Å²) < 4.78 is 25.1. The van der Waals surface area contributed by atoms with Crippen molar-refractivity contribution in [1.82, 2.24) is 0 Å². The van der Waals surface area contributed by atoms with Gasteiger partial charge in [0.25, 0.3) is 0 Å². The van der Waals surface area contributed by atoms with E-state index in [2.05, 4.69) is 16.1 Å². The highest BCUT2D eigenvalue weighted by Crippen LogP contribution is 2.06. The minimum Gasteiger partial charge on any atom is -0.399 e. The van der Waals surface area contributed by atoms with Crippen LogP contribution in [0.15, 0.2) is 17.3 Å². The van der Waals surface area contributed by atoms with E-state index in [4.69, 9.17) is 0 Å². The predicted octanol–water partition coefficient (Wildman–Crippen LogP) is 1.75. The molecule has 2 nitrogen and oxygen atoms in total. The van der Waals surface area contributed by atoms with E-state index in [0.717, 1.165) is 18.3 Å². The molecule has 4 heteroatoms. The molecule has 0 bridgehead atoms. The molecule has 0 heterocycles. The van der Waals surface area contributed by atoms with Gasteiger partial charge in [0.1, 0.15) is 18.7 Å². The second-order valence-corrected chi connectivity index (χ2v) is 2.00. The lowest BCUT2D eigenvalue weighted by Gasteiger charge is -1.94. The molecular formula is C8H6F2NO. The van der Waals surface area contributed by atoms with Crippen molar-refractivity contribution in [3.8, 4) is 0 Å². The Labute approximate surface area is 68.5 Å². The third kappa shape index (κ3) is 2.02. The molecule has 1 rings (SSSR count). The Morgan fingerprint density at radius 2 is 2.33 bits per heavy atom. The number of halogens is 2. The summed E-state index contributed by atoms with van der Waals surface area (Å²) in [4.78, 5) is 4.32. The first-order valence-corrected chi connectivity index (χ1v) is 3.17. The Kier molecular flexibility index (Phi) is 2.74. The zero-order valence-electron chi connectivity index (χ0n) is 6.34. The maximum absolute atomic E-state index is 12.8. The molecule has 0 saturated heterocycles. The molecule has 63 valence electrons. The van der Waals surface area contributed by atoms with Crippen LogP contribution in [0.25, 0.3) is 0 Å². The topological polar surface area (TPSA) is 21.6 Å². The summed E-state index contributed by atoms with van der Waals surface area (Å²) in [6.07, 6.45) is 1.12. The fourth-order valence-electron chi connectivity index (χ4n) is 0.660. The van der Waals surface area contributed by atoms with Crippen LogP contribution in [0.3, 0.4) is 0 Å². The molecule has 1 aromatic carbocycles. The van der Waals surface area contributed by atoms with Gasteiger partial charge in [0.05, 0.1) is 6.21 Å². The van der Waals surface area contributed by atoms with Gasteiger partial charge in [-0.05, 0) is 12.1 Å². The molecule has 0 aromatic heterocycles. The molecule has 0 aliphatic heterocycles. The van der Waals surface area contributed by atoms with Crippen LogP contribution >= 0.6 is 0 Å². The molecule has 0 saturated carbocycles. The maximum Gasteiger partial charge on any atom is 0.135 e. The van der Waals surface area contributed by atoms with Gasteiger partial charge in [0, 0.05) is 11.6 Å². The Hall–Kier alpha value is -1.45. The van der Waals surface area contributed by atoms with Gasteiger partial charge in [0.15, 0.2) is 0 Å². The Bertz CT molecular complexity index is 299. The summed E-state index contributed by atoms with van der Waals surface area (Å²) in [7, 11) is 1.33. The van der Waals surface area contributed by atoms with Crippen LogP contribution in [0.4, 0.5) is 8.78 Å². The van der Waals surface area contributed by atoms with E-state index in [0.29, 0.717) is 0 Å². The van der Waals surface area contributed by atoms with Gasteiger partial charge in [-0.3, -0.25) is 0 Å². The predicted molar refractivity (Wildman–Crippen MR) is 39.8 cm³/mol. The van der Waals surface area contributed by atoms with Crippen molar-refractivity contribution in [1.29, 1.82) is 0 Å². The monoisotopic (exact) mass is 170 g/mol. The van der Waals surface area contributed by atoms with Gasteiger partial charge < -0.3 is 4.84 Å². The zero-order valence-corrected chi connectivity index (χ0v) is 6.34. The average Bonchev–Trinajstić information content (AvgIpc) is 2.03. The molecule has 0 spiro atoms. The van der Waals surface area contributed by atoms with Crippen molar-refractivity contribution in [2.75, 3.05) is 7.11 Å². The smallest absolute Gasteiger partial charge is 0.135 e. The Morgan fingerprint density at radius 1 is 1.58 bits per heavy atom. The van der Waals surface area contributed by atoms with E-state index >= 15 is 0 Å². The summed E-state index contributed by atoms with van der Waals surface area (Å²) in [6, 6.07) is 4.15. The molecule has 1 aromatic rings. The fourth-order valence-corrected chi connectivity index (χ4v) is 0.660. The molecule has 0 aliphatic rings. The standard InChI is InChI=1S/C8H6F2NO/c1-12-11-5-6-2-3-7(9)4-8(6)10/h3-5H,1H3/b11-5+. The van der Waals surface area contributed by atoms with E-state index in [1.54, 1.807) is 0 Å². The van der Waals surface area contributed by atoms with Crippen LogP contribution in [0.2, 0.25) is 0 Å². The van der Waals surface area contributed by atoms with E-state index in [1.807, 2.05) is 0 Å². The molecule has 0 atom stereocenters. The number of hydrogen-bond donors (Lipinski definition) is 0. The fraction of sp³-hybridized carbons (Fsp3) is 0.125. The van der Waals surface area contributed by atoms with Gasteiger partial charge in [0.2, 0.25) is 0 Å². The highest BCUT2D eigenvalue weighted by molar-refractivity contribution is 5.78. The van der Waals surface area contributed by atoms with Crippen molar-refractivity contribution in [3.05, 3.63) is 35.4 Å². The number of benzene rings is 1. The summed E-state index contributed by atoms with van der Waals surface area (Å²) >= 11 is 0. The van der Waals surface area contributed by atoms with Gasteiger partial charge in [-0.1, -0.05) is 5.16 Å². The second-order valence-electron chi connectivity index (χ2n) is 2.00. The quantitative estimate of drug-likeness (QED) is 0.489.